The van der Waals surface area contributed by atoms with Crippen molar-refractivity contribution in [2.24, 2.45) is 5.92 Å². The topological polar surface area (TPSA) is 49.3 Å². The summed E-state index contributed by atoms with van der Waals surface area (Å²) in [5.41, 5.74) is 0.846. The van der Waals surface area contributed by atoms with Crippen molar-refractivity contribution in [3.8, 4) is 0 Å². The molecule has 1 aromatic carbocycles. The number of halogens is 1. The summed E-state index contributed by atoms with van der Waals surface area (Å²) in [7, 11) is 0. The molecule has 3 nitrogen and oxygen atoms in total. The fraction of sp³-hybridized carbons (Fsp3) is 0.462. The van der Waals surface area contributed by atoms with Gasteiger partial charge in [-0.2, -0.15) is 0 Å². The molecule has 4 heteroatoms. The maximum atomic E-state index is 11.1. The standard InChI is InChI=1S/C13H18ClNO2/c1-4-11(8(2)3)15-12-6-5-9(14)7-10(12)13(16)17/h5-8,11,15H,4H2,1-3H3,(H,16,17). The van der Waals surface area contributed by atoms with E-state index in [1.165, 1.54) is 6.07 Å². The van der Waals surface area contributed by atoms with Crippen LogP contribution in [-0.4, -0.2) is 17.1 Å². The zero-order valence-electron chi connectivity index (χ0n) is 10.3. The van der Waals surface area contributed by atoms with E-state index in [9.17, 15) is 4.79 Å². The molecule has 2 N–H and O–H groups in total. The van der Waals surface area contributed by atoms with Gasteiger partial charge in [-0.05, 0) is 30.5 Å². The Morgan fingerprint density at radius 1 is 1.47 bits per heavy atom. The molecular formula is C13H18ClNO2. The van der Waals surface area contributed by atoms with Crippen molar-refractivity contribution < 1.29 is 9.90 Å². The summed E-state index contributed by atoms with van der Waals surface area (Å²) in [6.07, 6.45) is 0.944. The number of benzene rings is 1. The molecule has 0 aliphatic carbocycles. The molecule has 0 amide bonds. The van der Waals surface area contributed by atoms with Gasteiger partial charge in [0.2, 0.25) is 0 Å². The van der Waals surface area contributed by atoms with Crippen molar-refractivity contribution in [2.45, 2.75) is 33.2 Å². The molecule has 0 spiro atoms. The number of anilines is 1. The predicted octanol–water partition coefficient (Wildman–Crippen LogP) is 3.88. The molecular weight excluding hydrogens is 238 g/mol. The van der Waals surface area contributed by atoms with E-state index in [2.05, 4.69) is 26.1 Å². The van der Waals surface area contributed by atoms with Crippen LogP contribution in [0.25, 0.3) is 0 Å². The lowest BCUT2D eigenvalue weighted by molar-refractivity contribution is 0.0698. The van der Waals surface area contributed by atoms with Crippen LogP contribution in [-0.2, 0) is 0 Å². The molecule has 94 valence electrons. The summed E-state index contributed by atoms with van der Waals surface area (Å²) in [6.45, 7) is 6.29. The zero-order chi connectivity index (χ0) is 13.0. The lowest BCUT2D eigenvalue weighted by Crippen LogP contribution is -2.25. The second-order valence-corrected chi connectivity index (χ2v) is 4.83. The largest absolute Gasteiger partial charge is 0.478 e. The van der Waals surface area contributed by atoms with E-state index in [0.29, 0.717) is 16.6 Å². The molecule has 1 unspecified atom stereocenters. The minimum atomic E-state index is -0.964. The van der Waals surface area contributed by atoms with Crippen LogP contribution in [0.4, 0.5) is 5.69 Å². The summed E-state index contributed by atoms with van der Waals surface area (Å²) < 4.78 is 0. The van der Waals surface area contributed by atoms with E-state index in [1.807, 2.05) is 0 Å². The predicted molar refractivity (Wildman–Crippen MR) is 71.0 cm³/mol. The van der Waals surface area contributed by atoms with Crippen LogP contribution in [0.3, 0.4) is 0 Å². The lowest BCUT2D eigenvalue weighted by atomic mass is 10.0. The highest BCUT2D eigenvalue weighted by Gasteiger charge is 2.15. The normalized spacial score (nSPS) is 12.5. The third kappa shape index (κ3) is 3.63. The first-order valence-corrected chi connectivity index (χ1v) is 6.12. The molecule has 1 atom stereocenters. The molecule has 0 heterocycles. The number of carbonyl (C=O) groups is 1. The molecule has 0 radical (unpaired) electrons. The second kappa shape index (κ2) is 5.92. The average Bonchev–Trinajstić information content (AvgIpc) is 2.26. The van der Waals surface area contributed by atoms with Crippen LogP contribution in [0.2, 0.25) is 5.02 Å². The first kappa shape index (κ1) is 13.8. The highest BCUT2D eigenvalue weighted by atomic mass is 35.5. The van der Waals surface area contributed by atoms with Crippen molar-refractivity contribution in [3.05, 3.63) is 28.8 Å². The highest BCUT2D eigenvalue weighted by Crippen LogP contribution is 2.23. The fourth-order valence-electron chi connectivity index (χ4n) is 1.76. The number of hydrogen-bond donors (Lipinski definition) is 2. The molecule has 0 saturated carbocycles. The van der Waals surface area contributed by atoms with E-state index < -0.39 is 5.97 Å². The zero-order valence-corrected chi connectivity index (χ0v) is 11.1. The average molecular weight is 256 g/mol. The van der Waals surface area contributed by atoms with E-state index in [4.69, 9.17) is 16.7 Å². The van der Waals surface area contributed by atoms with Gasteiger partial charge in [-0.15, -0.1) is 0 Å². The number of carboxylic acids is 1. The number of aromatic carboxylic acids is 1. The van der Waals surface area contributed by atoms with Crippen LogP contribution >= 0.6 is 11.6 Å². The number of rotatable bonds is 5. The van der Waals surface area contributed by atoms with Gasteiger partial charge in [0.1, 0.15) is 0 Å². The van der Waals surface area contributed by atoms with E-state index in [0.717, 1.165) is 6.42 Å². The van der Waals surface area contributed by atoms with Gasteiger partial charge in [0.25, 0.3) is 0 Å². The summed E-state index contributed by atoms with van der Waals surface area (Å²) in [5.74, 6) is -0.522. The first-order chi connectivity index (χ1) is 7.95. The smallest absolute Gasteiger partial charge is 0.337 e. The monoisotopic (exact) mass is 255 g/mol. The minimum Gasteiger partial charge on any atom is -0.478 e. The maximum absolute atomic E-state index is 11.1. The van der Waals surface area contributed by atoms with E-state index in [1.54, 1.807) is 12.1 Å². The Bertz CT molecular complexity index is 404. The van der Waals surface area contributed by atoms with Crippen LogP contribution in [0, 0.1) is 5.92 Å². The van der Waals surface area contributed by atoms with Gasteiger partial charge in [0, 0.05) is 16.8 Å². The Balaban J connectivity index is 3.01. The number of nitrogens with one attached hydrogen (secondary N) is 1. The Kier molecular flexibility index (Phi) is 4.82. The lowest BCUT2D eigenvalue weighted by Gasteiger charge is -2.23. The molecule has 0 bridgehead atoms. The molecule has 0 aliphatic rings. The van der Waals surface area contributed by atoms with Gasteiger partial charge >= 0.3 is 5.97 Å². The second-order valence-electron chi connectivity index (χ2n) is 4.40. The molecule has 0 fully saturated rings. The third-order valence-corrected chi connectivity index (χ3v) is 3.03. The molecule has 0 saturated heterocycles. The minimum absolute atomic E-state index is 0.219. The van der Waals surface area contributed by atoms with Crippen molar-refractivity contribution in [3.63, 3.8) is 0 Å². The molecule has 17 heavy (non-hydrogen) atoms. The summed E-state index contributed by atoms with van der Waals surface area (Å²) >= 11 is 5.80. The Labute approximate surface area is 107 Å². The third-order valence-electron chi connectivity index (χ3n) is 2.80. The van der Waals surface area contributed by atoms with Gasteiger partial charge in [-0.25, -0.2) is 4.79 Å². The molecule has 1 rings (SSSR count). The van der Waals surface area contributed by atoms with Gasteiger partial charge in [0.05, 0.1) is 5.56 Å². The van der Waals surface area contributed by atoms with Crippen molar-refractivity contribution in [1.29, 1.82) is 0 Å². The van der Waals surface area contributed by atoms with Crippen LogP contribution in [0.15, 0.2) is 18.2 Å². The maximum Gasteiger partial charge on any atom is 0.337 e. The van der Waals surface area contributed by atoms with E-state index >= 15 is 0 Å². The number of hydrogen-bond acceptors (Lipinski definition) is 2. The van der Waals surface area contributed by atoms with Gasteiger partial charge < -0.3 is 10.4 Å². The van der Waals surface area contributed by atoms with Crippen LogP contribution in [0.1, 0.15) is 37.6 Å². The Morgan fingerprint density at radius 3 is 2.59 bits per heavy atom. The van der Waals surface area contributed by atoms with Crippen molar-refractivity contribution in [2.75, 3.05) is 5.32 Å². The highest BCUT2D eigenvalue weighted by molar-refractivity contribution is 6.31. The van der Waals surface area contributed by atoms with Crippen molar-refractivity contribution in [1.82, 2.24) is 0 Å². The quantitative estimate of drug-likeness (QED) is 0.839. The summed E-state index contributed by atoms with van der Waals surface area (Å²) in [4.78, 5) is 11.1. The molecule has 0 aliphatic heterocycles. The Hall–Kier alpha value is -1.22. The van der Waals surface area contributed by atoms with Gasteiger partial charge in [-0.1, -0.05) is 32.4 Å². The fourth-order valence-corrected chi connectivity index (χ4v) is 1.93. The van der Waals surface area contributed by atoms with Crippen LogP contribution < -0.4 is 5.32 Å². The summed E-state index contributed by atoms with van der Waals surface area (Å²) in [6, 6.07) is 5.15. The first-order valence-electron chi connectivity index (χ1n) is 5.75. The number of carboxylic acid groups (broad SMARTS) is 1. The van der Waals surface area contributed by atoms with Gasteiger partial charge in [-0.3, -0.25) is 0 Å². The van der Waals surface area contributed by atoms with E-state index in [-0.39, 0.29) is 11.6 Å². The van der Waals surface area contributed by atoms with Gasteiger partial charge in [0.15, 0.2) is 0 Å². The Morgan fingerprint density at radius 2 is 2.12 bits per heavy atom. The summed E-state index contributed by atoms with van der Waals surface area (Å²) in [5, 5.41) is 12.8. The SMILES string of the molecule is CCC(Nc1ccc(Cl)cc1C(=O)O)C(C)C. The van der Waals surface area contributed by atoms with Crippen molar-refractivity contribution >= 4 is 23.3 Å². The molecule has 0 aromatic heterocycles. The van der Waals surface area contributed by atoms with Crippen LogP contribution in [0.5, 0.6) is 0 Å². The molecule has 1 aromatic rings.